The number of carbonyl (C=O) groups excluding carboxylic acids is 2. The second-order valence-electron chi connectivity index (χ2n) is 5.28. The van der Waals surface area contributed by atoms with Gasteiger partial charge in [0.25, 0.3) is 0 Å². The van der Waals surface area contributed by atoms with Crippen LogP contribution >= 0.6 is 0 Å². The van der Waals surface area contributed by atoms with E-state index in [9.17, 15) is 9.59 Å². The highest BCUT2D eigenvalue weighted by Crippen LogP contribution is 2.51. The first-order valence-corrected chi connectivity index (χ1v) is 6.93. The lowest BCUT2D eigenvalue weighted by atomic mass is 9.98. The van der Waals surface area contributed by atoms with Gasteiger partial charge in [0, 0.05) is 6.42 Å². The molecule has 1 aromatic carbocycles. The number of benzene rings is 1. The number of methoxy groups -OCH3 is 2. The molecule has 1 saturated carbocycles. The SMILES string of the molecule is COC(=O)[C@H](CC1(C(=O)OC)CC1)OCc1ccccc1. The predicted molar refractivity (Wildman–Crippen MR) is 75.3 cm³/mol. The van der Waals surface area contributed by atoms with Crippen LogP contribution in [0.2, 0.25) is 0 Å². The summed E-state index contributed by atoms with van der Waals surface area (Å²) in [6, 6.07) is 9.56. The number of carbonyl (C=O) groups is 2. The highest BCUT2D eigenvalue weighted by Gasteiger charge is 2.53. The lowest BCUT2D eigenvalue weighted by molar-refractivity contribution is -0.159. The molecule has 21 heavy (non-hydrogen) atoms. The van der Waals surface area contributed by atoms with Crippen molar-refractivity contribution in [2.45, 2.75) is 32.0 Å². The largest absolute Gasteiger partial charge is 0.469 e. The summed E-state index contributed by atoms with van der Waals surface area (Å²) in [6.07, 6.45) is 1.000. The lowest BCUT2D eigenvalue weighted by Gasteiger charge is -2.20. The van der Waals surface area contributed by atoms with E-state index in [1.54, 1.807) is 0 Å². The van der Waals surface area contributed by atoms with Crippen molar-refractivity contribution >= 4 is 11.9 Å². The molecular formula is C16H20O5. The van der Waals surface area contributed by atoms with Crippen molar-refractivity contribution in [1.82, 2.24) is 0 Å². The maximum Gasteiger partial charge on any atom is 0.335 e. The maximum absolute atomic E-state index is 11.9. The third-order valence-electron chi connectivity index (χ3n) is 3.81. The Kier molecular flexibility index (Phi) is 4.96. The fourth-order valence-electron chi connectivity index (χ4n) is 2.33. The number of hydrogen-bond acceptors (Lipinski definition) is 5. The first kappa shape index (κ1) is 15.5. The first-order valence-electron chi connectivity index (χ1n) is 6.93. The normalized spacial score (nSPS) is 16.9. The van der Waals surface area contributed by atoms with Crippen molar-refractivity contribution in [3.63, 3.8) is 0 Å². The van der Waals surface area contributed by atoms with Crippen LogP contribution < -0.4 is 0 Å². The van der Waals surface area contributed by atoms with E-state index >= 15 is 0 Å². The van der Waals surface area contributed by atoms with Gasteiger partial charge in [-0.2, -0.15) is 0 Å². The molecule has 0 aliphatic heterocycles. The summed E-state index contributed by atoms with van der Waals surface area (Å²) in [5.41, 5.74) is 0.388. The van der Waals surface area contributed by atoms with Crippen LogP contribution in [-0.2, 0) is 30.4 Å². The van der Waals surface area contributed by atoms with Crippen LogP contribution in [0.25, 0.3) is 0 Å². The first-order chi connectivity index (χ1) is 10.1. The Morgan fingerprint density at radius 3 is 2.33 bits per heavy atom. The molecule has 0 spiro atoms. The molecule has 1 aliphatic rings. The van der Waals surface area contributed by atoms with E-state index in [1.165, 1.54) is 14.2 Å². The zero-order valence-corrected chi connectivity index (χ0v) is 12.3. The fourth-order valence-corrected chi connectivity index (χ4v) is 2.33. The molecule has 5 heteroatoms. The standard InChI is InChI=1S/C16H20O5/c1-19-14(17)13(10-16(8-9-16)15(18)20-2)21-11-12-6-4-3-5-7-12/h3-7,13H,8-11H2,1-2H3/t13-/m0/s1. The van der Waals surface area contributed by atoms with E-state index in [1.807, 2.05) is 30.3 Å². The molecule has 0 amide bonds. The number of ether oxygens (including phenoxy) is 3. The zero-order chi connectivity index (χ0) is 15.3. The van der Waals surface area contributed by atoms with E-state index in [0.717, 1.165) is 18.4 Å². The van der Waals surface area contributed by atoms with Crippen molar-refractivity contribution in [3.8, 4) is 0 Å². The van der Waals surface area contributed by atoms with Gasteiger partial charge >= 0.3 is 11.9 Å². The van der Waals surface area contributed by atoms with E-state index < -0.39 is 17.5 Å². The van der Waals surface area contributed by atoms with Gasteiger partial charge in [0.2, 0.25) is 0 Å². The van der Waals surface area contributed by atoms with Crippen LogP contribution in [0.4, 0.5) is 0 Å². The molecule has 0 bridgehead atoms. The summed E-state index contributed by atoms with van der Waals surface area (Å²) in [5.74, 6) is -0.735. The maximum atomic E-state index is 11.9. The zero-order valence-electron chi connectivity index (χ0n) is 12.3. The number of hydrogen-bond donors (Lipinski definition) is 0. The van der Waals surface area contributed by atoms with E-state index in [2.05, 4.69) is 0 Å². The van der Waals surface area contributed by atoms with Crippen LogP contribution in [0.3, 0.4) is 0 Å². The molecule has 1 atom stereocenters. The van der Waals surface area contributed by atoms with E-state index in [0.29, 0.717) is 13.0 Å². The number of rotatable bonds is 7. The Morgan fingerprint density at radius 2 is 1.81 bits per heavy atom. The molecule has 1 fully saturated rings. The minimum absolute atomic E-state index is 0.278. The molecule has 0 N–H and O–H groups in total. The Morgan fingerprint density at radius 1 is 1.14 bits per heavy atom. The Bertz CT molecular complexity index is 493. The molecule has 2 rings (SSSR count). The Hall–Kier alpha value is -1.88. The van der Waals surface area contributed by atoms with Gasteiger partial charge in [-0.25, -0.2) is 4.79 Å². The topological polar surface area (TPSA) is 61.8 Å². The lowest BCUT2D eigenvalue weighted by Crippen LogP contribution is -2.32. The molecule has 114 valence electrons. The van der Waals surface area contributed by atoms with Gasteiger partial charge in [-0.15, -0.1) is 0 Å². The van der Waals surface area contributed by atoms with Gasteiger partial charge in [-0.05, 0) is 18.4 Å². The smallest absolute Gasteiger partial charge is 0.335 e. The summed E-state index contributed by atoms with van der Waals surface area (Å²) in [5, 5.41) is 0. The molecule has 0 saturated heterocycles. The second kappa shape index (κ2) is 6.72. The van der Waals surface area contributed by atoms with Gasteiger partial charge in [-0.3, -0.25) is 4.79 Å². The highest BCUT2D eigenvalue weighted by molar-refractivity contribution is 5.82. The molecule has 0 unspecified atom stereocenters. The summed E-state index contributed by atoms with van der Waals surface area (Å²) in [4.78, 5) is 23.6. The van der Waals surface area contributed by atoms with Gasteiger partial charge in [0.05, 0.1) is 26.2 Å². The minimum Gasteiger partial charge on any atom is -0.469 e. The van der Waals surface area contributed by atoms with Crippen LogP contribution in [0, 0.1) is 5.41 Å². The molecule has 0 heterocycles. The van der Waals surface area contributed by atoms with Crippen LogP contribution in [0.15, 0.2) is 30.3 Å². The van der Waals surface area contributed by atoms with Crippen molar-refractivity contribution in [2.75, 3.05) is 14.2 Å². The Labute approximate surface area is 124 Å². The second-order valence-corrected chi connectivity index (χ2v) is 5.28. The molecule has 0 aromatic heterocycles. The van der Waals surface area contributed by atoms with Crippen LogP contribution in [-0.4, -0.2) is 32.3 Å². The molecule has 1 aromatic rings. The fraction of sp³-hybridized carbons (Fsp3) is 0.500. The Balaban J connectivity index is 1.99. The van der Waals surface area contributed by atoms with Gasteiger partial charge in [0.15, 0.2) is 6.10 Å². The summed E-state index contributed by atoms with van der Waals surface area (Å²) in [7, 11) is 2.68. The van der Waals surface area contributed by atoms with E-state index in [4.69, 9.17) is 14.2 Å². The molecule has 1 aliphatic carbocycles. The average molecular weight is 292 g/mol. The van der Waals surface area contributed by atoms with E-state index in [-0.39, 0.29) is 5.97 Å². The van der Waals surface area contributed by atoms with Crippen LogP contribution in [0.5, 0.6) is 0 Å². The van der Waals surface area contributed by atoms with Gasteiger partial charge in [-0.1, -0.05) is 30.3 Å². The minimum atomic E-state index is -0.753. The molecule has 0 radical (unpaired) electrons. The van der Waals surface area contributed by atoms with Gasteiger partial charge < -0.3 is 14.2 Å². The average Bonchev–Trinajstić information content (AvgIpc) is 3.31. The summed E-state index contributed by atoms with van der Waals surface area (Å²) < 4.78 is 15.2. The van der Waals surface area contributed by atoms with Crippen molar-refractivity contribution in [1.29, 1.82) is 0 Å². The van der Waals surface area contributed by atoms with Crippen molar-refractivity contribution in [3.05, 3.63) is 35.9 Å². The molecule has 5 nitrogen and oxygen atoms in total. The third kappa shape index (κ3) is 3.82. The molecular weight excluding hydrogens is 272 g/mol. The quantitative estimate of drug-likeness (QED) is 0.720. The van der Waals surface area contributed by atoms with Crippen molar-refractivity contribution < 1.29 is 23.8 Å². The number of esters is 2. The summed E-state index contributed by atoms with van der Waals surface area (Å²) in [6.45, 7) is 0.303. The summed E-state index contributed by atoms with van der Waals surface area (Å²) >= 11 is 0. The van der Waals surface area contributed by atoms with Crippen molar-refractivity contribution in [2.24, 2.45) is 5.41 Å². The van der Waals surface area contributed by atoms with Crippen LogP contribution in [0.1, 0.15) is 24.8 Å². The van der Waals surface area contributed by atoms with Gasteiger partial charge in [0.1, 0.15) is 0 Å². The predicted octanol–water partition coefficient (Wildman–Crippen LogP) is 2.09. The third-order valence-corrected chi connectivity index (χ3v) is 3.81. The monoisotopic (exact) mass is 292 g/mol. The highest BCUT2D eigenvalue weighted by atomic mass is 16.6.